The lowest BCUT2D eigenvalue weighted by Gasteiger charge is -2.08. The van der Waals surface area contributed by atoms with E-state index in [9.17, 15) is 4.79 Å². The van der Waals surface area contributed by atoms with E-state index in [1.54, 1.807) is 12.4 Å². The van der Waals surface area contributed by atoms with E-state index in [0.717, 1.165) is 36.9 Å². The van der Waals surface area contributed by atoms with Gasteiger partial charge in [-0.1, -0.05) is 37.6 Å². The Labute approximate surface area is 221 Å². The van der Waals surface area contributed by atoms with Gasteiger partial charge in [-0.15, -0.1) is 11.3 Å². The number of fused-ring (bicyclic) bond motifs is 2. The second-order valence-corrected chi connectivity index (χ2v) is 10.9. The van der Waals surface area contributed by atoms with Crippen molar-refractivity contribution in [3.05, 3.63) is 65.3 Å². The molecule has 0 aliphatic carbocycles. The van der Waals surface area contributed by atoms with Gasteiger partial charge in [-0.05, 0) is 42.3 Å². The van der Waals surface area contributed by atoms with Gasteiger partial charge in [0.25, 0.3) is 0 Å². The Balaban J connectivity index is 1.38. The van der Waals surface area contributed by atoms with Crippen LogP contribution in [0.3, 0.4) is 0 Å². The van der Waals surface area contributed by atoms with Crippen molar-refractivity contribution in [3.8, 4) is 33.2 Å². The first-order valence-electron chi connectivity index (χ1n) is 11.8. The summed E-state index contributed by atoms with van der Waals surface area (Å²) in [6, 6.07) is 15.6. The van der Waals surface area contributed by atoms with Gasteiger partial charge in [0, 0.05) is 28.6 Å². The Hall–Kier alpha value is -4.08. The van der Waals surface area contributed by atoms with Gasteiger partial charge >= 0.3 is 0 Å². The van der Waals surface area contributed by atoms with Crippen LogP contribution in [-0.4, -0.2) is 36.0 Å². The molecule has 0 aliphatic heterocycles. The van der Waals surface area contributed by atoms with E-state index in [0.29, 0.717) is 34.8 Å². The first-order valence-corrected chi connectivity index (χ1v) is 13.0. The normalized spacial score (nSPS) is 11.6. The summed E-state index contributed by atoms with van der Waals surface area (Å²) < 4.78 is 0.732. The number of H-pyrrole nitrogens is 2. The fourth-order valence-electron chi connectivity index (χ4n) is 4.26. The predicted octanol–water partition coefficient (Wildman–Crippen LogP) is 6.93. The van der Waals surface area contributed by atoms with Crippen molar-refractivity contribution in [2.75, 3.05) is 5.32 Å². The van der Waals surface area contributed by atoms with E-state index in [-0.39, 0.29) is 11.8 Å². The summed E-state index contributed by atoms with van der Waals surface area (Å²) in [5.41, 5.74) is 6.99. The summed E-state index contributed by atoms with van der Waals surface area (Å²) in [4.78, 5) is 30.7. The van der Waals surface area contributed by atoms with Crippen molar-refractivity contribution < 1.29 is 4.79 Å². The number of hydrogen-bond acceptors (Lipinski definition) is 6. The van der Waals surface area contributed by atoms with Crippen LogP contribution in [0.2, 0.25) is 4.34 Å². The molecule has 37 heavy (non-hydrogen) atoms. The molecular weight excluding hydrogens is 506 g/mol. The van der Waals surface area contributed by atoms with Crippen LogP contribution in [0.25, 0.3) is 55.3 Å². The number of para-hydroxylation sites is 1. The van der Waals surface area contributed by atoms with Crippen molar-refractivity contribution in [1.29, 1.82) is 0 Å². The zero-order chi connectivity index (χ0) is 25.5. The van der Waals surface area contributed by atoms with Crippen molar-refractivity contribution in [2.45, 2.75) is 20.3 Å². The summed E-state index contributed by atoms with van der Waals surface area (Å²) in [6.07, 6.45) is 3.81. The van der Waals surface area contributed by atoms with Gasteiger partial charge in [0.05, 0.1) is 38.5 Å². The third kappa shape index (κ3) is 4.59. The maximum Gasteiger partial charge on any atom is 0.224 e. The second kappa shape index (κ2) is 9.42. The molecule has 0 saturated carbocycles. The Bertz CT molecular complexity index is 1770. The summed E-state index contributed by atoms with van der Waals surface area (Å²) in [7, 11) is 0. The molecule has 5 aromatic heterocycles. The summed E-state index contributed by atoms with van der Waals surface area (Å²) >= 11 is 7.69. The smallest absolute Gasteiger partial charge is 0.224 e. The minimum Gasteiger partial charge on any atom is -0.336 e. The van der Waals surface area contributed by atoms with Gasteiger partial charge < -0.3 is 10.3 Å². The molecule has 0 unspecified atom stereocenters. The van der Waals surface area contributed by atoms with Gasteiger partial charge in [0.1, 0.15) is 5.52 Å². The molecule has 0 atom stereocenters. The highest BCUT2D eigenvalue weighted by atomic mass is 35.5. The van der Waals surface area contributed by atoms with Crippen molar-refractivity contribution in [2.24, 2.45) is 5.92 Å². The van der Waals surface area contributed by atoms with Gasteiger partial charge in [0.2, 0.25) is 5.91 Å². The third-order valence-electron chi connectivity index (χ3n) is 5.89. The van der Waals surface area contributed by atoms with E-state index >= 15 is 0 Å². The zero-order valence-corrected chi connectivity index (χ0v) is 21.6. The lowest BCUT2D eigenvalue weighted by Crippen LogP contribution is -2.14. The number of aromatic nitrogens is 6. The molecular formula is C27H22ClN7OS. The van der Waals surface area contributed by atoms with Crippen LogP contribution in [0.1, 0.15) is 20.3 Å². The lowest BCUT2D eigenvalue weighted by molar-refractivity contribution is -0.116. The van der Waals surface area contributed by atoms with Crippen LogP contribution in [0.4, 0.5) is 5.69 Å². The van der Waals surface area contributed by atoms with Crippen molar-refractivity contribution in [1.82, 2.24) is 30.1 Å². The number of nitrogens with one attached hydrogen (secondary N) is 3. The van der Waals surface area contributed by atoms with Gasteiger partial charge in [0.15, 0.2) is 11.5 Å². The van der Waals surface area contributed by atoms with E-state index in [4.69, 9.17) is 21.6 Å². The predicted molar refractivity (Wildman–Crippen MR) is 149 cm³/mol. The fraction of sp³-hybridized carbons (Fsp3) is 0.148. The molecule has 1 amide bonds. The monoisotopic (exact) mass is 527 g/mol. The van der Waals surface area contributed by atoms with Crippen LogP contribution in [0.5, 0.6) is 0 Å². The Morgan fingerprint density at radius 1 is 1.05 bits per heavy atom. The Kier molecular flexibility index (Phi) is 5.94. The molecule has 8 nitrogen and oxygen atoms in total. The average Bonchev–Trinajstić information content (AvgIpc) is 3.60. The van der Waals surface area contributed by atoms with Crippen LogP contribution in [0, 0.1) is 5.92 Å². The third-order valence-corrected chi connectivity index (χ3v) is 7.16. The maximum atomic E-state index is 12.2. The Morgan fingerprint density at radius 3 is 2.76 bits per heavy atom. The fourth-order valence-corrected chi connectivity index (χ4v) is 5.33. The number of thiophene rings is 1. The number of aromatic amines is 2. The summed E-state index contributed by atoms with van der Waals surface area (Å²) in [5, 5.41) is 10.5. The van der Waals surface area contributed by atoms with E-state index in [1.165, 1.54) is 11.3 Å². The second-order valence-electron chi connectivity index (χ2n) is 9.16. The molecule has 0 spiro atoms. The zero-order valence-electron chi connectivity index (χ0n) is 20.0. The number of nitrogens with zero attached hydrogens (tertiary/aromatic N) is 4. The number of pyridine rings is 2. The highest BCUT2D eigenvalue weighted by molar-refractivity contribution is 7.19. The molecule has 0 saturated heterocycles. The van der Waals surface area contributed by atoms with Gasteiger partial charge in [-0.25, -0.2) is 9.97 Å². The number of hydrogen-bond donors (Lipinski definition) is 3. The van der Waals surface area contributed by atoms with Crippen LogP contribution in [0.15, 0.2) is 60.9 Å². The molecule has 0 bridgehead atoms. The minimum absolute atomic E-state index is 0.0384. The standard InChI is InChI=1S/C27H22ClN7OS/c1-14(2)10-23(36)30-16-11-15(12-29-13-16)18-6-7-20-25(31-18)26(35-34-20)27-32-19-5-3-4-17(24(19)33-27)21-8-9-22(28)37-21/h3-9,11-14H,10H2,1-2H3,(H,30,36)(H,32,33)(H,34,35). The molecule has 0 fully saturated rings. The maximum absolute atomic E-state index is 12.2. The number of benzene rings is 1. The molecule has 10 heteroatoms. The number of halogens is 1. The SMILES string of the molecule is CC(C)CC(=O)Nc1cncc(-c2ccc3[nH]nc(-c4nc5c(-c6ccc(Cl)s6)cccc5[nH]4)c3n2)c1. The van der Waals surface area contributed by atoms with E-state index < -0.39 is 0 Å². The van der Waals surface area contributed by atoms with Gasteiger partial charge in [-0.2, -0.15) is 5.10 Å². The molecule has 6 aromatic rings. The van der Waals surface area contributed by atoms with Crippen LogP contribution in [-0.2, 0) is 4.79 Å². The van der Waals surface area contributed by atoms with E-state index in [1.807, 2.05) is 62.4 Å². The van der Waals surface area contributed by atoms with Gasteiger partial charge in [-0.3, -0.25) is 14.9 Å². The molecule has 0 aliphatic rings. The summed E-state index contributed by atoms with van der Waals surface area (Å²) in [6.45, 7) is 4.02. The largest absolute Gasteiger partial charge is 0.336 e. The number of amides is 1. The number of carbonyl (C=O) groups is 1. The van der Waals surface area contributed by atoms with Crippen LogP contribution < -0.4 is 5.32 Å². The number of anilines is 1. The lowest BCUT2D eigenvalue weighted by atomic mass is 10.1. The first-order chi connectivity index (χ1) is 17.9. The first kappa shape index (κ1) is 23.3. The number of imidazole rings is 1. The van der Waals surface area contributed by atoms with E-state index in [2.05, 4.69) is 25.5 Å². The highest BCUT2D eigenvalue weighted by Gasteiger charge is 2.17. The quantitative estimate of drug-likeness (QED) is 0.217. The molecule has 0 radical (unpaired) electrons. The molecule has 5 heterocycles. The van der Waals surface area contributed by atoms with Crippen LogP contribution >= 0.6 is 22.9 Å². The number of rotatable bonds is 6. The Morgan fingerprint density at radius 2 is 1.95 bits per heavy atom. The highest BCUT2D eigenvalue weighted by Crippen LogP contribution is 2.36. The summed E-state index contributed by atoms with van der Waals surface area (Å²) in [5.74, 6) is 0.856. The molecule has 3 N–H and O–H groups in total. The van der Waals surface area contributed by atoms with Crippen molar-refractivity contribution >= 4 is 56.6 Å². The molecule has 184 valence electrons. The van der Waals surface area contributed by atoms with Crippen molar-refractivity contribution in [3.63, 3.8) is 0 Å². The molecule has 6 rings (SSSR count). The average molecular weight is 528 g/mol. The topological polar surface area (TPSA) is 112 Å². The minimum atomic E-state index is -0.0384. The molecule has 1 aromatic carbocycles. The number of carbonyl (C=O) groups excluding carboxylic acids is 1.